The summed E-state index contributed by atoms with van der Waals surface area (Å²) < 4.78 is 10.4. The van der Waals surface area contributed by atoms with Crippen LogP contribution in [0.15, 0.2) is 60.7 Å². The number of esters is 2. The molecule has 31 heavy (non-hydrogen) atoms. The van der Waals surface area contributed by atoms with Gasteiger partial charge >= 0.3 is 11.9 Å². The van der Waals surface area contributed by atoms with E-state index < -0.39 is 36.5 Å². The molecule has 2 rings (SSSR count). The summed E-state index contributed by atoms with van der Waals surface area (Å²) in [6.45, 7) is -0.404. The largest absolute Gasteiger partial charge is 0.460 e. The first kappa shape index (κ1) is 24.0. The molecule has 0 aromatic heterocycles. The fraction of sp³-hybridized carbons (Fsp3) is 0.348. The normalized spacial score (nSPS) is 12.5. The number of aliphatic hydroxyl groups excluding tert-OH is 1. The van der Waals surface area contributed by atoms with Crippen LogP contribution in [-0.4, -0.2) is 48.7 Å². The van der Waals surface area contributed by atoms with Gasteiger partial charge in [0.2, 0.25) is 5.91 Å². The van der Waals surface area contributed by atoms with Crippen LogP contribution in [0.4, 0.5) is 0 Å². The number of hydrogen-bond donors (Lipinski definition) is 3. The maximum absolute atomic E-state index is 12.2. The topological polar surface area (TPSA) is 114 Å². The second kappa shape index (κ2) is 13.1. The highest BCUT2D eigenvalue weighted by atomic mass is 16.5. The van der Waals surface area contributed by atoms with Crippen LogP contribution in [0.2, 0.25) is 0 Å². The Hall–Kier alpha value is -3.23. The average molecular weight is 428 g/mol. The van der Waals surface area contributed by atoms with E-state index in [1.807, 2.05) is 48.5 Å². The number of nitrogens with one attached hydrogen (secondary N) is 2. The number of likely N-dealkylation sites (N-methyl/N-ethyl adjacent to an activating group) is 1. The van der Waals surface area contributed by atoms with Crippen molar-refractivity contribution in [2.24, 2.45) is 0 Å². The fourth-order valence-electron chi connectivity index (χ4n) is 2.76. The molecule has 166 valence electrons. The van der Waals surface area contributed by atoms with Crippen LogP contribution >= 0.6 is 0 Å². The van der Waals surface area contributed by atoms with Gasteiger partial charge in [0.05, 0.1) is 6.61 Å². The zero-order valence-electron chi connectivity index (χ0n) is 17.5. The Labute approximate surface area is 181 Å². The third kappa shape index (κ3) is 8.57. The monoisotopic (exact) mass is 428 g/mol. The maximum atomic E-state index is 12.2. The van der Waals surface area contributed by atoms with Gasteiger partial charge in [-0.3, -0.25) is 9.59 Å². The van der Waals surface area contributed by atoms with E-state index in [4.69, 9.17) is 9.47 Å². The molecule has 2 unspecified atom stereocenters. The first-order chi connectivity index (χ1) is 15.0. The maximum Gasteiger partial charge on any atom is 0.331 e. The van der Waals surface area contributed by atoms with Crippen LogP contribution in [-0.2, 0) is 37.1 Å². The molecule has 0 bridgehead atoms. The van der Waals surface area contributed by atoms with Crippen molar-refractivity contribution in [2.45, 2.75) is 38.1 Å². The minimum atomic E-state index is -1.17. The smallest absolute Gasteiger partial charge is 0.331 e. The summed E-state index contributed by atoms with van der Waals surface area (Å²) in [7, 11) is 1.60. The van der Waals surface area contributed by atoms with Crippen molar-refractivity contribution in [3.63, 3.8) is 0 Å². The van der Waals surface area contributed by atoms with Crippen molar-refractivity contribution in [3.05, 3.63) is 71.8 Å². The number of benzene rings is 2. The van der Waals surface area contributed by atoms with Gasteiger partial charge in [-0.05, 0) is 24.6 Å². The van der Waals surface area contributed by atoms with Gasteiger partial charge in [-0.25, -0.2) is 4.79 Å². The predicted octanol–water partition coefficient (Wildman–Crippen LogP) is 1.32. The first-order valence-electron chi connectivity index (χ1n) is 10.0. The average Bonchev–Trinajstić information content (AvgIpc) is 2.81. The molecule has 0 radical (unpaired) electrons. The van der Waals surface area contributed by atoms with Crippen LogP contribution in [0, 0.1) is 0 Å². The van der Waals surface area contributed by atoms with E-state index in [2.05, 4.69) is 10.6 Å². The molecule has 0 spiro atoms. The lowest BCUT2D eigenvalue weighted by Crippen LogP contribution is -2.45. The lowest BCUT2D eigenvalue weighted by molar-refractivity contribution is -0.151. The minimum Gasteiger partial charge on any atom is -0.460 e. The molecular weight excluding hydrogens is 400 g/mol. The van der Waals surface area contributed by atoms with Gasteiger partial charge in [0.25, 0.3) is 0 Å². The van der Waals surface area contributed by atoms with Gasteiger partial charge in [0.1, 0.15) is 19.3 Å². The Morgan fingerprint density at radius 1 is 0.839 bits per heavy atom. The molecule has 0 saturated carbocycles. The van der Waals surface area contributed by atoms with E-state index in [0.29, 0.717) is 0 Å². The van der Waals surface area contributed by atoms with E-state index in [0.717, 1.165) is 11.1 Å². The van der Waals surface area contributed by atoms with Crippen LogP contribution in [0.5, 0.6) is 0 Å². The molecule has 0 saturated heterocycles. The highest BCUT2D eigenvalue weighted by Gasteiger charge is 2.24. The lowest BCUT2D eigenvalue weighted by Gasteiger charge is -2.17. The van der Waals surface area contributed by atoms with Gasteiger partial charge in [-0.2, -0.15) is 0 Å². The SMILES string of the molecule is CNC(CCC(=O)NC(CO)C(=O)OCc1ccccc1)C(=O)OCc1ccccc1. The van der Waals surface area contributed by atoms with Gasteiger partial charge in [-0.1, -0.05) is 60.7 Å². The molecule has 0 aliphatic rings. The molecule has 2 aromatic rings. The number of carbonyl (C=O) groups is 3. The van der Waals surface area contributed by atoms with Gasteiger partial charge in [0, 0.05) is 6.42 Å². The number of aliphatic hydroxyl groups is 1. The summed E-state index contributed by atoms with van der Waals surface area (Å²) in [6, 6.07) is 16.5. The third-order valence-electron chi connectivity index (χ3n) is 4.54. The minimum absolute atomic E-state index is 0.0333. The molecule has 1 amide bonds. The number of hydrogen-bond acceptors (Lipinski definition) is 7. The Bertz CT molecular complexity index is 828. The molecule has 3 N–H and O–H groups in total. The zero-order valence-corrected chi connectivity index (χ0v) is 17.5. The summed E-state index contributed by atoms with van der Waals surface area (Å²) in [5, 5.41) is 14.7. The number of carbonyl (C=O) groups excluding carboxylic acids is 3. The third-order valence-corrected chi connectivity index (χ3v) is 4.54. The van der Waals surface area contributed by atoms with E-state index in [1.165, 1.54) is 0 Å². The van der Waals surface area contributed by atoms with Crippen LogP contribution < -0.4 is 10.6 Å². The van der Waals surface area contributed by atoms with Crippen molar-refractivity contribution >= 4 is 17.8 Å². The van der Waals surface area contributed by atoms with Crippen LogP contribution in [0.25, 0.3) is 0 Å². The van der Waals surface area contributed by atoms with Crippen molar-refractivity contribution in [2.75, 3.05) is 13.7 Å². The lowest BCUT2D eigenvalue weighted by atomic mass is 10.1. The fourth-order valence-corrected chi connectivity index (χ4v) is 2.76. The predicted molar refractivity (Wildman–Crippen MR) is 114 cm³/mol. The molecule has 0 fully saturated rings. The molecule has 2 aromatic carbocycles. The highest BCUT2D eigenvalue weighted by molar-refractivity contribution is 5.85. The first-order valence-corrected chi connectivity index (χ1v) is 10.0. The highest BCUT2D eigenvalue weighted by Crippen LogP contribution is 2.06. The van der Waals surface area contributed by atoms with Gasteiger partial charge < -0.3 is 25.2 Å². The molecular formula is C23H28N2O6. The molecule has 2 atom stereocenters. The molecule has 8 heteroatoms. The summed E-state index contributed by atoms with van der Waals surface area (Å²) >= 11 is 0. The van der Waals surface area contributed by atoms with E-state index in [1.54, 1.807) is 19.2 Å². The number of rotatable bonds is 12. The van der Waals surface area contributed by atoms with E-state index >= 15 is 0 Å². The standard InChI is InChI=1S/C23H28N2O6/c1-24-19(22(28)30-15-17-8-4-2-5-9-17)12-13-21(27)25-20(14-26)23(29)31-16-18-10-6-3-7-11-18/h2-11,19-20,24,26H,12-16H2,1H3,(H,25,27). The van der Waals surface area contributed by atoms with E-state index in [-0.39, 0.29) is 26.1 Å². The Morgan fingerprint density at radius 3 is 1.77 bits per heavy atom. The second-order valence-electron chi connectivity index (χ2n) is 6.87. The number of amides is 1. The summed E-state index contributed by atoms with van der Waals surface area (Å²) in [5.74, 6) is -1.68. The van der Waals surface area contributed by atoms with Crippen molar-refractivity contribution in [3.8, 4) is 0 Å². The van der Waals surface area contributed by atoms with Crippen molar-refractivity contribution < 1.29 is 29.0 Å². The van der Waals surface area contributed by atoms with Crippen LogP contribution in [0.1, 0.15) is 24.0 Å². The van der Waals surface area contributed by atoms with Gasteiger partial charge in [-0.15, -0.1) is 0 Å². The Kier molecular flexibility index (Phi) is 10.2. The zero-order chi connectivity index (χ0) is 22.5. The van der Waals surface area contributed by atoms with Crippen LogP contribution in [0.3, 0.4) is 0 Å². The second-order valence-corrected chi connectivity index (χ2v) is 6.87. The summed E-state index contributed by atoms with van der Waals surface area (Å²) in [6.07, 6.45) is 0.140. The van der Waals surface area contributed by atoms with E-state index in [9.17, 15) is 19.5 Å². The van der Waals surface area contributed by atoms with Crippen molar-refractivity contribution in [1.29, 1.82) is 0 Å². The Morgan fingerprint density at radius 2 is 1.32 bits per heavy atom. The molecule has 0 heterocycles. The summed E-state index contributed by atoms with van der Waals surface area (Å²) in [4.78, 5) is 36.6. The van der Waals surface area contributed by atoms with Crippen molar-refractivity contribution in [1.82, 2.24) is 10.6 Å². The Balaban J connectivity index is 1.75. The number of ether oxygens (including phenoxy) is 2. The molecule has 8 nitrogen and oxygen atoms in total. The quantitative estimate of drug-likeness (QED) is 0.437. The van der Waals surface area contributed by atoms with Gasteiger partial charge in [0.15, 0.2) is 6.04 Å². The molecule has 0 aliphatic carbocycles. The summed E-state index contributed by atoms with van der Waals surface area (Å²) in [5.41, 5.74) is 1.66. The molecule has 0 aliphatic heterocycles.